The molecule has 5 nitrogen and oxygen atoms in total. The van der Waals surface area contributed by atoms with E-state index in [1.807, 2.05) is 6.07 Å². The molecule has 1 saturated carbocycles. The van der Waals surface area contributed by atoms with Crippen molar-refractivity contribution in [1.29, 1.82) is 0 Å². The first-order chi connectivity index (χ1) is 16.7. The molecule has 2 heterocycles. The highest BCUT2D eigenvalue weighted by Gasteiger charge is 2.26. The second-order valence-electron chi connectivity index (χ2n) is 9.82. The smallest absolute Gasteiger partial charge is 0.335 e. The number of aryl methyl sites for hydroxylation is 1. The van der Waals surface area contributed by atoms with Crippen molar-refractivity contribution >= 4 is 16.9 Å². The molecule has 0 atom stereocenters. The van der Waals surface area contributed by atoms with E-state index in [0.717, 1.165) is 44.9 Å². The Morgan fingerprint density at radius 1 is 1.00 bits per heavy atom. The van der Waals surface area contributed by atoms with Crippen LogP contribution in [0.1, 0.15) is 72.9 Å². The summed E-state index contributed by atoms with van der Waals surface area (Å²) in [4.78, 5) is 14.2. The number of benzene rings is 2. The molecular weight excluding hydrogens is 424 g/mol. The van der Waals surface area contributed by atoms with Gasteiger partial charge in [0.15, 0.2) is 0 Å². The molecule has 2 fully saturated rings. The molecular formula is C29H36N2O3. The van der Waals surface area contributed by atoms with Crippen molar-refractivity contribution in [2.45, 2.75) is 64.5 Å². The molecule has 1 aromatic heterocycles. The molecule has 0 radical (unpaired) electrons. The van der Waals surface area contributed by atoms with Gasteiger partial charge in [0.1, 0.15) is 0 Å². The largest absolute Gasteiger partial charge is 0.478 e. The Labute approximate surface area is 202 Å². The van der Waals surface area contributed by atoms with Crippen LogP contribution in [-0.4, -0.2) is 46.8 Å². The van der Waals surface area contributed by atoms with Crippen molar-refractivity contribution in [2.24, 2.45) is 0 Å². The molecule has 5 rings (SSSR count). The highest BCUT2D eigenvalue weighted by Crippen LogP contribution is 2.43. The second kappa shape index (κ2) is 10.3. The molecule has 0 bridgehead atoms. The van der Waals surface area contributed by atoms with Crippen LogP contribution in [0.4, 0.5) is 0 Å². The lowest BCUT2D eigenvalue weighted by Crippen LogP contribution is -2.35. The lowest BCUT2D eigenvalue weighted by atomic mass is 9.87. The number of rotatable bonds is 6. The third-order valence-corrected chi connectivity index (χ3v) is 7.67. The van der Waals surface area contributed by atoms with Gasteiger partial charge >= 0.3 is 5.97 Å². The standard InChI is InChI=1S/C29H36N2O3/c1-2-31-26-19-24(29(32)33)13-14-25(26)27(22-7-5-3-4-6-8-22)28(31)23-11-9-21(10-12-23)20-30-15-17-34-18-16-30/h9-14,19,22H,2-8,15-18,20H2,1H3,(H,32,33). The Bertz CT molecular complexity index is 1130. The number of carboxylic acid groups (broad SMARTS) is 1. The van der Waals surface area contributed by atoms with Gasteiger partial charge in [0.05, 0.1) is 24.5 Å². The fourth-order valence-corrected chi connectivity index (χ4v) is 5.92. The molecule has 1 saturated heterocycles. The predicted molar refractivity (Wildman–Crippen MR) is 137 cm³/mol. The third-order valence-electron chi connectivity index (χ3n) is 7.67. The number of nitrogens with zero attached hydrogens (tertiary/aromatic N) is 2. The molecule has 34 heavy (non-hydrogen) atoms. The Kier molecular flexibility index (Phi) is 7.02. The lowest BCUT2D eigenvalue weighted by Gasteiger charge is -2.26. The average Bonchev–Trinajstić information content (AvgIpc) is 2.98. The van der Waals surface area contributed by atoms with Crippen molar-refractivity contribution in [3.63, 3.8) is 0 Å². The van der Waals surface area contributed by atoms with Crippen LogP contribution >= 0.6 is 0 Å². The number of carboxylic acids is 1. The number of morpholine rings is 1. The first-order valence-corrected chi connectivity index (χ1v) is 12.9. The minimum atomic E-state index is -0.865. The molecule has 0 spiro atoms. The van der Waals surface area contributed by atoms with E-state index in [-0.39, 0.29) is 0 Å². The van der Waals surface area contributed by atoms with Crippen LogP contribution in [-0.2, 0) is 17.8 Å². The Balaban J connectivity index is 1.59. The molecule has 1 aliphatic heterocycles. The summed E-state index contributed by atoms with van der Waals surface area (Å²) in [5.41, 5.74) is 6.68. The molecule has 2 aromatic carbocycles. The van der Waals surface area contributed by atoms with Crippen molar-refractivity contribution in [2.75, 3.05) is 26.3 Å². The van der Waals surface area contributed by atoms with Crippen LogP contribution in [0.3, 0.4) is 0 Å². The van der Waals surface area contributed by atoms with Gasteiger partial charge in [-0.3, -0.25) is 4.90 Å². The summed E-state index contributed by atoms with van der Waals surface area (Å²) in [6.45, 7) is 7.55. The molecule has 0 amide bonds. The van der Waals surface area contributed by atoms with Gasteiger partial charge in [-0.05, 0) is 54.5 Å². The molecule has 0 unspecified atom stereocenters. The lowest BCUT2D eigenvalue weighted by molar-refractivity contribution is 0.0342. The average molecular weight is 461 g/mol. The highest BCUT2D eigenvalue weighted by molar-refractivity contribution is 5.98. The topological polar surface area (TPSA) is 54.7 Å². The van der Waals surface area contributed by atoms with E-state index in [1.165, 1.54) is 66.3 Å². The third kappa shape index (κ3) is 4.64. The van der Waals surface area contributed by atoms with Crippen LogP contribution in [0, 0.1) is 0 Å². The van der Waals surface area contributed by atoms with Crippen LogP contribution in [0.5, 0.6) is 0 Å². The van der Waals surface area contributed by atoms with E-state index in [2.05, 4.69) is 46.7 Å². The molecule has 1 N–H and O–H groups in total. The van der Waals surface area contributed by atoms with Gasteiger partial charge in [-0.1, -0.05) is 56.0 Å². The molecule has 2 aliphatic rings. The Morgan fingerprint density at radius 2 is 1.71 bits per heavy atom. The molecule has 3 aromatic rings. The fourth-order valence-electron chi connectivity index (χ4n) is 5.92. The number of carbonyl (C=O) groups is 1. The summed E-state index contributed by atoms with van der Waals surface area (Å²) in [5, 5.41) is 10.9. The van der Waals surface area contributed by atoms with Crippen molar-refractivity contribution in [1.82, 2.24) is 9.47 Å². The van der Waals surface area contributed by atoms with E-state index in [1.54, 1.807) is 6.07 Å². The minimum Gasteiger partial charge on any atom is -0.478 e. The highest BCUT2D eigenvalue weighted by atomic mass is 16.5. The van der Waals surface area contributed by atoms with Gasteiger partial charge in [-0.25, -0.2) is 4.79 Å². The van der Waals surface area contributed by atoms with Crippen molar-refractivity contribution in [3.05, 3.63) is 59.2 Å². The number of hydrogen-bond donors (Lipinski definition) is 1. The zero-order valence-electron chi connectivity index (χ0n) is 20.3. The van der Waals surface area contributed by atoms with E-state index in [4.69, 9.17) is 4.74 Å². The number of hydrogen-bond acceptors (Lipinski definition) is 3. The van der Waals surface area contributed by atoms with Crippen LogP contribution in [0.25, 0.3) is 22.2 Å². The van der Waals surface area contributed by atoms with Gasteiger partial charge in [-0.15, -0.1) is 0 Å². The summed E-state index contributed by atoms with van der Waals surface area (Å²) in [6.07, 6.45) is 7.61. The number of aromatic carboxylic acids is 1. The van der Waals surface area contributed by atoms with E-state index in [0.29, 0.717) is 11.5 Å². The molecule has 5 heteroatoms. The number of aromatic nitrogens is 1. The Hall–Kier alpha value is -2.63. The van der Waals surface area contributed by atoms with E-state index < -0.39 is 5.97 Å². The van der Waals surface area contributed by atoms with Gasteiger partial charge in [0.25, 0.3) is 0 Å². The maximum Gasteiger partial charge on any atom is 0.335 e. The SMILES string of the molecule is CCn1c(-c2ccc(CN3CCOCC3)cc2)c(C2CCCCCC2)c2ccc(C(=O)O)cc21. The zero-order valence-corrected chi connectivity index (χ0v) is 20.3. The van der Waals surface area contributed by atoms with Crippen LogP contribution in [0.2, 0.25) is 0 Å². The van der Waals surface area contributed by atoms with Crippen molar-refractivity contribution < 1.29 is 14.6 Å². The normalized spacial score (nSPS) is 18.3. The van der Waals surface area contributed by atoms with Crippen LogP contribution in [0.15, 0.2) is 42.5 Å². The van der Waals surface area contributed by atoms with Gasteiger partial charge in [0.2, 0.25) is 0 Å². The minimum absolute atomic E-state index is 0.361. The van der Waals surface area contributed by atoms with Crippen LogP contribution < -0.4 is 0 Å². The maximum absolute atomic E-state index is 11.7. The second-order valence-corrected chi connectivity index (χ2v) is 9.82. The van der Waals surface area contributed by atoms with Gasteiger partial charge < -0.3 is 14.4 Å². The zero-order chi connectivity index (χ0) is 23.5. The summed E-state index contributed by atoms with van der Waals surface area (Å²) >= 11 is 0. The monoisotopic (exact) mass is 460 g/mol. The van der Waals surface area contributed by atoms with E-state index in [9.17, 15) is 9.90 Å². The van der Waals surface area contributed by atoms with Gasteiger partial charge in [-0.2, -0.15) is 0 Å². The summed E-state index contributed by atoms with van der Waals surface area (Å²) in [5.74, 6) is -0.340. The summed E-state index contributed by atoms with van der Waals surface area (Å²) in [7, 11) is 0. The van der Waals surface area contributed by atoms with E-state index >= 15 is 0 Å². The first-order valence-electron chi connectivity index (χ1n) is 12.9. The number of ether oxygens (including phenoxy) is 1. The van der Waals surface area contributed by atoms with Gasteiger partial charge in [0, 0.05) is 37.1 Å². The summed E-state index contributed by atoms with van der Waals surface area (Å²) < 4.78 is 7.84. The maximum atomic E-state index is 11.7. The quantitative estimate of drug-likeness (QED) is 0.439. The molecule has 180 valence electrons. The summed E-state index contributed by atoms with van der Waals surface area (Å²) in [6, 6.07) is 14.8. The molecule has 1 aliphatic carbocycles. The fraction of sp³-hybridized carbons (Fsp3) is 0.483. The number of fused-ring (bicyclic) bond motifs is 1. The predicted octanol–water partition coefficient (Wildman–Crippen LogP) is 6.30. The Morgan fingerprint density at radius 3 is 2.35 bits per heavy atom. The first kappa shape index (κ1) is 23.1. The van der Waals surface area contributed by atoms with Crippen molar-refractivity contribution in [3.8, 4) is 11.3 Å².